The molecule has 0 radical (unpaired) electrons. The minimum absolute atomic E-state index is 0.0225. The number of hydrogen-bond donors (Lipinski definition) is 2. The fourth-order valence-corrected chi connectivity index (χ4v) is 3.92. The highest BCUT2D eigenvalue weighted by Gasteiger charge is 2.26. The lowest BCUT2D eigenvalue weighted by Crippen LogP contribution is -2.38. The van der Waals surface area contributed by atoms with E-state index in [2.05, 4.69) is 27.7 Å². The fourth-order valence-electron chi connectivity index (χ4n) is 3.92. The zero-order valence-electron chi connectivity index (χ0n) is 18.9. The van der Waals surface area contributed by atoms with Crippen LogP contribution < -0.4 is 15.4 Å². The van der Waals surface area contributed by atoms with E-state index in [-0.39, 0.29) is 17.7 Å². The maximum atomic E-state index is 12.9. The van der Waals surface area contributed by atoms with Gasteiger partial charge in [-0.15, -0.1) is 0 Å². The molecule has 2 amide bonds. The van der Waals surface area contributed by atoms with Gasteiger partial charge in [0.15, 0.2) is 0 Å². The van der Waals surface area contributed by atoms with Crippen LogP contribution in [-0.2, 0) is 16.1 Å². The number of ether oxygens (including phenoxy) is 2. The zero-order valence-corrected chi connectivity index (χ0v) is 18.9. The van der Waals surface area contributed by atoms with E-state index in [1.54, 1.807) is 32.4 Å². The Balaban J connectivity index is 1.51. The minimum atomic E-state index is -0.190. The molecule has 0 unspecified atom stereocenters. The minimum Gasteiger partial charge on any atom is -0.497 e. The van der Waals surface area contributed by atoms with Gasteiger partial charge in [0.25, 0.3) is 5.91 Å². The van der Waals surface area contributed by atoms with E-state index in [0.29, 0.717) is 24.4 Å². The van der Waals surface area contributed by atoms with E-state index in [1.165, 1.54) is 5.56 Å². The third kappa shape index (κ3) is 6.80. The van der Waals surface area contributed by atoms with Crippen LogP contribution in [0.4, 0.5) is 5.69 Å². The second-order valence-corrected chi connectivity index (χ2v) is 8.04. The van der Waals surface area contributed by atoms with Gasteiger partial charge in [-0.25, -0.2) is 0 Å². The summed E-state index contributed by atoms with van der Waals surface area (Å²) >= 11 is 0. The Morgan fingerprint density at radius 1 is 1.06 bits per heavy atom. The molecule has 1 fully saturated rings. The molecular formula is C25H33N3O4. The molecule has 0 aliphatic carbocycles. The highest BCUT2D eigenvalue weighted by Crippen LogP contribution is 2.23. The Labute approximate surface area is 190 Å². The SMILES string of the molecule is COCCCNC(=O)c1ccccc1NC(=O)C1CCN(Cc2cccc(OC)c2)CC1. The van der Waals surface area contributed by atoms with Crippen molar-refractivity contribution >= 4 is 17.5 Å². The lowest BCUT2D eigenvalue weighted by molar-refractivity contribution is -0.121. The number of likely N-dealkylation sites (tertiary alicyclic amines) is 1. The molecule has 0 bridgehead atoms. The number of methoxy groups -OCH3 is 2. The smallest absolute Gasteiger partial charge is 0.253 e. The van der Waals surface area contributed by atoms with Gasteiger partial charge in [-0.05, 0) is 62.2 Å². The summed E-state index contributed by atoms with van der Waals surface area (Å²) in [7, 11) is 3.31. The van der Waals surface area contributed by atoms with E-state index in [4.69, 9.17) is 9.47 Å². The molecule has 0 atom stereocenters. The maximum absolute atomic E-state index is 12.9. The van der Waals surface area contributed by atoms with Crippen molar-refractivity contribution in [2.24, 2.45) is 5.92 Å². The third-order valence-corrected chi connectivity index (χ3v) is 5.74. The largest absolute Gasteiger partial charge is 0.497 e. The Hall–Kier alpha value is -2.90. The normalized spacial score (nSPS) is 14.7. The molecule has 0 aromatic heterocycles. The van der Waals surface area contributed by atoms with Crippen LogP contribution in [0.15, 0.2) is 48.5 Å². The molecule has 0 spiro atoms. The first-order chi connectivity index (χ1) is 15.6. The number of nitrogens with zero attached hydrogens (tertiary/aromatic N) is 1. The van der Waals surface area contributed by atoms with Crippen molar-refractivity contribution in [3.05, 3.63) is 59.7 Å². The molecule has 1 aliphatic heterocycles. The molecule has 2 aromatic carbocycles. The lowest BCUT2D eigenvalue weighted by atomic mass is 9.95. The van der Waals surface area contributed by atoms with Gasteiger partial charge in [-0.3, -0.25) is 14.5 Å². The van der Waals surface area contributed by atoms with Gasteiger partial charge in [0, 0.05) is 32.7 Å². The number of anilines is 1. The predicted molar refractivity (Wildman–Crippen MR) is 125 cm³/mol. The molecule has 2 N–H and O–H groups in total. The molecule has 3 rings (SSSR count). The van der Waals surface area contributed by atoms with Crippen molar-refractivity contribution in [2.45, 2.75) is 25.8 Å². The van der Waals surface area contributed by atoms with Gasteiger partial charge in [0.05, 0.1) is 18.4 Å². The highest BCUT2D eigenvalue weighted by molar-refractivity contribution is 6.04. The first-order valence-corrected chi connectivity index (χ1v) is 11.1. The number of amides is 2. The summed E-state index contributed by atoms with van der Waals surface area (Å²) in [5, 5.41) is 5.86. The average Bonchev–Trinajstić information content (AvgIpc) is 2.82. The van der Waals surface area contributed by atoms with Crippen LogP contribution in [0.2, 0.25) is 0 Å². The number of hydrogen-bond acceptors (Lipinski definition) is 5. The quantitative estimate of drug-likeness (QED) is 0.555. The number of para-hydroxylation sites is 1. The highest BCUT2D eigenvalue weighted by atomic mass is 16.5. The first kappa shape index (κ1) is 23.8. The molecule has 7 heteroatoms. The summed E-state index contributed by atoms with van der Waals surface area (Å²) < 4.78 is 10.3. The van der Waals surface area contributed by atoms with Gasteiger partial charge in [-0.1, -0.05) is 24.3 Å². The van der Waals surface area contributed by atoms with Crippen LogP contribution in [0.1, 0.15) is 35.2 Å². The van der Waals surface area contributed by atoms with Gasteiger partial charge in [0.2, 0.25) is 5.91 Å². The molecule has 0 saturated carbocycles. The third-order valence-electron chi connectivity index (χ3n) is 5.74. The molecular weight excluding hydrogens is 406 g/mol. The predicted octanol–water partition coefficient (Wildman–Crippen LogP) is 3.31. The first-order valence-electron chi connectivity index (χ1n) is 11.1. The van der Waals surface area contributed by atoms with Gasteiger partial charge in [0.1, 0.15) is 5.75 Å². The van der Waals surface area contributed by atoms with Crippen molar-refractivity contribution in [3.63, 3.8) is 0 Å². The Bertz CT molecular complexity index is 894. The van der Waals surface area contributed by atoms with Gasteiger partial charge < -0.3 is 20.1 Å². The number of carbonyl (C=O) groups is 2. The number of benzene rings is 2. The van der Waals surface area contributed by atoms with Crippen LogP contribution in [0, 0.1) is 5.92 Å². The van der Waals surface area contributed by atoms with Crippen LogP contribution in [0.25, 0.3) is 0 Å². The molecule has 172 valence electrons. The topological polar surface area (TPSA) is 79.9 Å². The Kier molecular flexibility index (Phi) is 9.07. The van der Waals surface area contributed by atoms with Crippen LogP contribution >= 0.6 is 0 Å². The van der Waals surface area contributed by atoms with Crippen molar-refractivity contribution in [1.82, 2.24) is 10.2 Å². The number of piperidine rings is 1. The molecule has 7 nitrogen and oxygen atoms in total. The van der Waals surface area contributed by atoms with E-state index >= 15 is 0 Å². The van der Waals surface area contributed by atoms with Crippen molar-refractivity contribution in [2.75, 3.05) is 45.8 Å². The van der Waals surface area contributed by atoms with Crippen molar-refractivity contribution in [1.29, 1.82) is 0 Å². The summed E-state index contributed by atoms with van der Waals surface area (Å²) in [6, 6.07) is 15.2. The second kappa shape index (κ2) is 12.2. The zero-order chi connectivity index (χ0) is 22.8. The molecule has 1 aliphatic rings. The van der Waals surface area contributed by atoms with Crippen molar-refractivity contribution < 1.29 is 19.1 Å². The summed E-state index contributed by atoms with van der Waals surface area (Å²) in [4.78, 5) is 27.8. The lowest BCUT2D eigenvalue weighted by Gasteiger charge is -2.31. The Morgan fingerprint density at radius 3 is 2.59 bits per heavy atom. The van der Waals surface area contributed by atoms with E-state index in [0.717, 1.165) is 44.6 Å². The van der Waals surface area contributed by atoms with Crippen LogP contribution in [0.5, 0.6) is 5.75 Å². The summed E-state index contributed by atoms with van der Waals surface area (Å²) in [6.45, 7) is 3.68. The molecule has 32 heavy (non-hydrogen) atoms. The van der Waals surface area contributed by atoms with Crippen molar-refractivity contribution in [3.8, 4) is 5.75 Å². The fraction of sp³-hybridized carbons (Fsp3) is 0.440. The molecule has 1 heterocycles. The molecule has 2 aromatic rings. The number of nitrogens with one attached hydrogen (secondary N) is 2. The number of carbonyl (C=O) groups excluding carboxylic acids is 2. The standard InChI is InChI=1S/C25H33N3O4/c1-31-16-6-13-26-25(30)22-9-3-4-10-23(22)27-24(29)20-11-14-28(15-12-20)18-19-7-5-8-21(17-19)32-2/h3-5,7-10,17,20H,6,11-16,18H2,1-2H3,(H,26,30)(H,27,29). The van der Waals surface area contributed by atoms with E-state index in [9.17, 15) is 9.59 Å². The van der Waals surface area contributed by atoms with Crippen LogP contribution in [-0.4, -0.2) is 57.2 Å². The number of rotatable bonds is 10. The average molecular weight is 440 g/mol. The van der Waals surface area contributed by atoms with Gasteiger partial charge >= 0.3 is 0 Å². The van der Waals surface area contributed by atoms with Crippen LogP contribution in [0.3, 0.4) is 0 Å². The summed E-state index contributed by atoms with van der Waals surface area (Å²) in [6.07, 6.45) is 2.33. The Morgan fingerprint density at radius 2 is 1.84 bits per heavy atom. The van der Waals surface area contributed by atoms with E-state index in [1.807, 2.05) is 18.2 Å². The molecule has 1 saturated heterocycles. The summed E-state index contributed by atoms with van der Waals surface area (Å²) in [5.41, 5.74) is 2.24. The van der Waals surface area contributed by atoms with Gasteiger partial charge in [-0.2, -0.15) is 0 Å². The maximum Gasteiger partial charge on any atom is 0.253 e. The second-order valence-electron chi connectivity index (χ2n) is 8.04. The van der Waals surface area contributed by atoms with E-state index < -0.39 is 0 Å². The monoisotopic (exact) mass is 439 g/mol. The summed E-state index contributed by atoms with van der Waals surface area (Å²) in [5.74, 6) is 0.586.